The topological polar surface area (TPSA) is 30.7 Å². The van der Waals surface area contributed by atoms with Crippen molar-refractivity contribution in [2.45, 2.75) is 59.8 Å². The largest absolute Gasteiger partial charge is 0.333 e. The minimum atomic E-state index is 0. The van der Waals surface area contributed by atoms with Crippen molar-refractivity contribution < 1.29 is 20.1 Å². The van der Waals surface area contributed by atoms with E-state index in [2.05, 4.69) is 123 Å². The van der Waals surface area contributed by atoms with Gasteiger partial charge in [0.1, 0.15) is 0 Å². The van der Waals surface area contributed by atoms with Crippen LogP contribution < -0.4 is 0 Å². The summed E-state index contributed by atoms with van der Waals surface area (Å²) >= 11 is 1.69. The van der Waals surface area contributed by atoms with E-state index in [-0.39, 0.29) is 20.1 Å². The van der Waals surface area contributed by atoms with Gasteiger partial charge in [0, 0.05) is 32.0 Å². The van der Waals surface area contributed by atoms with Gasteiger partial charge in [0.2, 0.25) is 0 Å². The Hall–Kier alpha value is -3.89. The molecular formula is C42H41IrN3S-2. The van der Waals surface area contributed by atoms with Crippen molar-refractivity contribution >= 4 is 32.5 Å². The Kier molecular flexibility index (Phi) is 11.2. The standard InChI is InChI=1S/C31H33N2S.C11H8N.Ir/c1-19(2)16-22-14-15-29-25(17-22)26(18-34-29)31-32-27-12-7-8-13-28(27)33(31)30-23(20(3)4)10-9-11-24(30)21(5)6;1-2-6-10(7-3-1)11-8-4-5-9-12-11;/h7-15,17,19-21H,16H2,1-6H3;1-6,8-9H;/q2*-1;. The number of hydrogen-bond acceptors (Lipinski definition) is 3. The maximum Gasteiger partial charge on any atom is 0.0774 e. The summed E-state index contributed by atoms with van der Waals surface area (Å²) in [5.74, 6) is 2.43. The number of imidazole rings is 1. The minimum Gasteiger partial charge on any atom is -0.333 e. The number of hydrogen-bond donors (Lipinski definition) is 0. The first-order valence-electron chi connectivity index (χ1n) is 16.2. The first kappa shape index (κ1) is 34.4. The molecule has 0 bridgehead atoms. The summed E-state index contributed by atoms with van der Waals surface area (Å²) in [5, 5.41) is 4.89. The summed E-state index contributed by atoms with van der Waals surface area (Å²) in [6, 6.07) is 39.0. The Morgan fingerprint density at radius 2 is 1.49 bits per heavy atom. The molecule has 0 atom stereocenters. The van der Waals surface area contributed by atoms with Crippen LogP contribution in [0.15, 0.2) is 109 Å². The second-order valence-electron chi connectivity index (χ2n) is 12.9. The number of fused-ring (bicyclic) bond motifs is 2. The third-order valence-electron chi connectivity index (χ3n) is 8.22. The number of pyridine rings is 1. The third-order valence-corrected chi connectivity index (χ3v) is 9.10. The first-order chi connectivity index (χ1) is 22.3. The Morgan fingerprint density at radius 1 is 0.766 bits per heavy atom. The fourth-order valence-electron chi connectivity index (χ4n) is 6.05. The van der Waals surface area contributed by atoms with Crippen molar-refractivity contribution in [3.8, 4) is 28.3 Å². The molecule has 47 heavy (non-hydrogen) atoms. The van der Waals surface area contributed by atoms with Crippen LogP contribution in [0.3, 0.4) is 0 Å². The number of nitrogens with zero attached hydrogens (tertiary/aromatic N) is 3. The van der Waals surface area contributed by atoms with Gasteiger partial charge in [-0.1, -0.05) is 117 Å². The van der Waals surface area contributed by atoms with Crippen LogP contribution in [0.25, 0.3) is 49.5 Å². The van der Waals surface area contributed by atoms with Crippen LogP contribution in [0.5, 0.6) is 0 Å². The van der Waals surface area contributed by atoms with Gasteiger partial charge in [-0.15, -0.1) is 47.3 Å². The van der Waals surface area contributed by atoms with E-state index < -0.39 is 0 Å². The monoisotopic (exact) mass is 812 g/mol. The van der Waals surface area contributed by atoms with Crippen molar-refractivity contribution in [2.24, 2.45) is 5.92 Å². The molecule has 7 rings (SSSR count). The third kappa shape index (κ3) is 7.49. The average Bonchev–Trinajstić information content (AvgIpc) is 3.66. The minimum absolute atomic E-state index is 0. The molecule has 4 aromatic carbocycles. The van der Waals surface area contributed by atoms with Crippen LogP contribution in [-0.2, 0) is 26.5 Å². The van der Waals surface area contributed by atoms with Gasteiger partial charge in [0.05, 0.1) is 16.9 Å². The molecule has 3 nitrogen and oxygen atoms in total. The van der Waals surface area contributed by atoms with Gasteiger partial charge in [0.15, 0.2) is 0 Å². The molecular weight excluding hydrogens is 771 g/mol. The Morgan fingerprint density at radius 3 is 2.15 bits per heavy atom. The van der Waals surface area contributed by atoms with Gasteiger partial charge in [-0.25, -0.2) is 0 Å². The van der Waals surface area contributed by atoms with Crippen LogP contribution in [0, 0.1) is 17.4 Å². The summed E-state index contributed by atoms with van der Waals surface area (Å²) in [4.78, 5) is 9.43. The van der Waals surface area contributed by atoms with E-state index in [0.29, 0.717) is 17.8 Å². The van der Waals surface area contributed by atoms with Crippen LogP contribution in [0.4, 0.5) is 0 Å². The van der Waals surface area contributed by atoms with E-state index in [1.54, 1.807) is 17.5 Å². The van der Waals surface area contributed by atoms with E-state index in [0.717, 1.165) is 40.1 Å². The van der Waals surface area contributed by atoms with Crippen LogP contribution >= 0.6 is 11.3 Å². The Labute approximate surface area is 297 Å². The fourth-order valence-corrected chi connectivity index (χ4v) is 6.87. The molecule has 0 fully saturated rings. The number of aromatic nitrogens is 3. The van der Waals surface area contributed by atoms with E-state index in [4.69, 9.17) is 4.98 Å². The van der Waals surface area contributed by atoms with Gasteiger partial charge in [-0.3, -0.25) is 16.3 Å². The van der Waals surface area contributed by atoms with Gasteiger partial charge in [0.25, 0.3) is 0 Å². The molecule has 0 saturated carbocycles. The Bertz CT molecular complexity index is 1990. The molecule has 0 unspecified atom stereocenters. The number of rotatable bonds is 7. The summed E-state index contributed by atoms with van der Waals surface area (Å²) in [7, 11) is 0. The molecule has 241 valence electrons. The first-order valence-corrected chi connectivity index (χ1v) is 17.1. The zero-order valence-electron chi connectivity index (χ0n) is 27.9. The SMILES string of the molecule is CC(C)Cc1ccc2s[c-]c(-c3nc4ccccc4n3-c3c(C(C)C)cccc3C(C)C)c2c1.[Ir].[c-]1ccccc1-c1ccccn1. The number of para-hydroxylation sites is 3. The molecule has 7 aromatic rings. The van der Waals surface area contributed by atoms with Gasteiger partial charge < -0.3 is 9.55 Å². The van der Waals surface area contributed by atoms with Crippen molar-refractivity contribution in [1.82, 2.24) is 14.5 Å². The van der Waals surface area contributed by atoms with E-state index >= 15 is 0 Å². The molecule has 1 radical (unpaired) electrons. The molecule has 0 saturated heterocycles. The second-order valence-corrected chi connectivity index (χ2v) is 13.7. The quantitative estimate of drug-likeness (QED) is 0.150. The fraction of sp³-hybridized carbons (Fsp3) is 0.238. The van der Waals surface area contributed by atoms with E-state index in [1.807, 2.05) is 42.5 Å². The molecule has 3 heterocycles. The predicted octanol–water partition coefficient (Wildman–Crippen LogP) is 11.7. The van der Waals surface area contributed by atoms with Gasteiger partial charge in [-0.2, -0.15) is 0 Å². The molecule has 0 amide bonds. The molecule has 0 spiro atoms. The van der Waals surface area contributed by atoms with E-state index in [1.165, 1.54) is 32.5 Å². The molecule has 0 aliphatic heterocycles. The summed E-state index contributed by atoms with van der Waals surface area (Å²) in [6.07, 6.45) is 2.87. The van der Waals surface area contributed by atoms with E-state index in [9.17, 15) is 0 Å². The Balaban J connectivity index is 0.000000280. The predicted molar refractivity (Wildman–Crippen MR) is 196 cm³/mol. The van der Waals surface area contributed by atoms with Gasteiger partial charge in [-0.05, 0) is 59.2 Å². The normalized spacial score (nSPS) is 11.3. The zero-order valence-corrected chi connectivity index (χ0v) is 31.1. The molecule has 3 aromatic heterocycles. The van der Waals surface area contributed by atoms with Crippen molar-refractivity contribution in [3.63, 3.8) is 0 Å². The molecule has 5 heteroatoms. The molecule has 0 aliphatic rings. The van der Waals surface area contributed by atoms with Crippen molar-refractivity contribution in [2.75, 3.05) is 0 Å². The zero-order chi connectivity index (χ0) is 32.2. The van der Waals surface area contributed by atoms with Crippen LogP contribution in [0.1, 0.15) is 70.1 Å². The smallest absolute Gasteiger partial charge is 0.0774 e. The van der Waals surface area contributed by atoms with Crippen LogP contribution in [0.2, 0.25) is 0 Å². The van der Waals surface area contributed by atoms with Crippen molar-refractivity contribution in [3.05, 3.63) is 137 Å². The number of benzene rings is 4. The number of thiophene rings is 1. The van der Waals surface area contributed by atoms with Gasteiger partial charge >= 0.3 is 0 Å². The van der Waals surface area contributed by atoms with Crippen LogP contribution in [-0.4, -0.2) is 14.5 Å². The molecule has 0 N–H and O–H groups in total. The summed E-state index contributed by atoms with van der Waals surface area (Å²) in [5.41, 5.74) is 10.7. The maximum atomic E-state index is 5.21. The maximum absolute atomic E-state index is 5.21. The average molecular weight is 812 g/mol. The summed E-state index contributed by atoms with van der Waals surface area (Å²) < 4.78 is 3.68. The molecule has 0 aliphatic carbocycles. The second kappa shape index (κ2) is 15.3. The van der Waals surface area contributed by atoms with Crippen molar-refractivity contribution in [1.29, 1.82) is 0 Å². The summed E-state index contributed by atoms with van der Waals surface area (Å²) in [6.45, 7) is 13.7.